The van der Waals surface area contributed by atoms with Crippen LogP contribution < -0.4 is 9.62 Å². The van der Waals surface area contributed by atoms with Gasteiger partial charge in [-0.05, 0) is 99.8 Å². The normalized spacial score (nSPS) is 12.2. The fourth-order valence-electron chi connectivity index (χ4n) is 3.97. The van der Waals surface area contributed by atoms with Crippen molar-refractivity contribution in [1.29, 1.82) is 0 Å². The number of hydrogen-bond donors (Lipinski definition) is 1. The molecule has 0 aromatic heterocycles. The number of sulfonamides is 1. The second-order valence-electron chi connectivity index (χ2n) is 9.84. The molecule has 0 saturated carbocycles. The van der Waals surface area contributed by atoms with Crippen molar-refractivity contribution in [3.63, 3.8) is 0 Å². The molecular formula is C29H32Cl3N3O4S. The lowest BCUT2D eigenvalue weighted by molar-refractivity contribution is -0.139. The van der Waals surface area contributed by atoms with Gasteiger partial charge in [-0.3, -0.25) is 13.9 Å². The molecule has 1 atom stereocenters. The minimum Gasteiger partial charge on any atom is -0.352 e. The molecule has 3 aromatic carbocycles. The summed E-state index contributed by atoms with van der Waals surface area (Å²) >= 11 is 18.3. The van der Waals surface area contributed by atoms with Gasteiger partial charge in [0.1, 0.15) is 12.6 Å². The summed E-state index contributed by atoms with van der Waals surface area (Å²) in [7, 11) is -4.19. The van der Waals surface area contributed by atoms with E-state index in [1.165, 1.54) is 29.2 Å². The van der Waals surface area contributed by atoms with Gasteiger partial charge in [0, 0.05) is 17.6 Å². The van der Waals surface area contributed by atoms with Gasteiger partial charge in [0.25, 0.3) is 10.0 Å². The Balaban J connectivity index is 2.07. The molecule has 3 aromatic rings. The highest BCUT2D eigenvalue weighted by atomic mass is 35.5. The second kappa shape index (κ2) is 13.3. The lowest BCUT2D eigenvalue weighted by Crippen LogP contribution is -2.52. The molecule has 1 unspecified atom stereocenters. The summed E-state index contributed by atoms with van der Waals surface area (Å²) in [5.74, 6) is -0.949. The summed E-state index contributed by atoms with van der Waals surface area (Å²) in [4.78, 5) is 28.3. The van der Waals surface area contributed by atoms with E-state index in [4.69, 9.17) is 34.8 Å². The molecule has 0 aliphatic rings. The number of anilines is 1. The number of amides is 2. The maximum absolute atomic E-state index is 14.0. The number of aryl methyl sites for hydroxylation is 2. The Hall–Kier alpha value is -2.78. The zero-order valence-corrected chi connectivity index (χ0v) is 26.0. The quantitative estimate of drug-likeness (QED) is 0.283. The first-order valence-electron chi connectivity index (χ1n) is 12.6. The van der Waals surface area contributed by atoms with Crippen molar-refractivity contribution < 1.29 is 18.0 Å². The Morgan fingerprint density at radius 2 is 1.50 bits per heavy atom. The van der Waals surface area contributed by atoms with Crippen LogP contribution in [-0.4, -0.2) is 43.8 Å². The first kappa shape index (κ1) is 31.7. The maximum atomic E-state index is 14.0. The van der Waals surface area contributed by atoms with Crippen LogP contribution in [0.2, 0.25) is 15.1 Å². The number of carbonyl (C=O) groups is 2. The van der Waals surface area contributed by atoms with Crippen molar-refractivity contribution in [1.82, 2.24) is 10.2 Å². The fourth-order valence-corrected chi connectivity index (χ4v) is 5.82. The van der Waals surface area contributed by atoms with E-state index in [1.807, 2.05) is 27.7 Å². The number of carbonyl (C=O) groups excluding carboxylic acids is 2. The van der Waals surface area contributed by atoms with E-state index >= 15 is 0 Å². The third-order valence-electron chi connectivity index (χ3n) is 6.39. The Bertz CT molecular complexity index is 1490. The highest BCUT2D eigenvalue weighted by Gasteiger charge is 2.33. The predicted octanol–water partition coefficient (Wildman–Crippen LogP) is 6.40. The molecule has 0 radical (unpaired) electrons. The SMILES string of the molecule is Cc1ccc(N(CC(=O)N(Cc2ccc(Cl)c(Cl)c2)C(C)C(=O)NC(C)C)S(=O)(=O)c2ccc(Cl)cc2)cc1C. The van der Waals surface area contributed by atoms with Crippen LogP contribution in [0.1, 0.15) is 37.5 Å². The van der Waals surface area contributed by atoms with E-state index in [1.54, 1.807) is 43.3 Å². The summed E-state index contributed by atoms with van der Waals surface area (Å²) in [6, 6.07) is 14.8. The van der Waals surface area contributed by atoms with Crippen molar-refractivity contribution in [3.05, 3.63) is 92.4 Å². The van der Waals surface area contributed by atoms with E-state index in [2.05, 4.69) is 5.32 Å². The molecule has 0 aliphatic heterocycles. The van der Waals surface area contributed by atoms with Crippen molar-refractivity contribution >= 4 is 62.3 Å². The van der Waals surface area contributed by atoms with E-state index in [9.17, 15) is 18.0 Å². The molecule has 2 amide bonds. The van der Waals surface area contributed by atoms with Crippen molar-refractivity contribution in [2.45, 2.75) is 58.1 Å². The van der Waals surface area contributed by atoms with E-state index in [-0.39, 0.29) is 23.4 Å². The minimum absolute atomic E-state index is 0.00413. The lowest BCUT2D eigenvalue weighted by Gasteiger charge is -2.32. The van der Waals surface area contributed by atoms with Gasteiger partial charge in [-0.2, -0.15) is 0 Å². The molecule has 0 heterocycles. The van der Waals surface area contributed by atoms with E-state index in [0.717, 1.165) is 15.4 Å². The third-order valence-corrected chi connectivity index (χ3v) is 9.17. The zero-order valence-electron chi connectivity index (χ0n) is 22.9. The largest absolute Gasteiger partial charge is 0.352 e. The van der Waals surface area contributed by atoms with Crippen LogP contribution in [0.5, 0.6) is 0 Å². The summed E-state index contributed by atoms with van der Waals surface area (Å²) in [6.45, 7) is 8.46. The summed E-state index contributed by atoms with van der Waals surface area (Å²) in [6.07, 6.45) is 0. The number of nitrogens with one attached hydrogen (secondary N) is 1. The van der Waals surface area contributed by atoms with Gasteiger partial charge in [0.05, 0.1) is 20.6 Å². The first-order valence-corrected chi connectivity index (χ1v) is 15.2. The van der Waals surface area contributed by atoms with Gasteiger partial charge in [0.2, 0.25) is 11.8 Å². The third kappa shape index (κ3) is 7.69. The number of rotatable bonds is 10. The molecular weight excluding hydrogens is 593 g/mol. The Morgan fingerprint density at radius 1 is 0.850 bits per heavy atom. The van der Waals surface area contributed by atoms with Crippen LogP contribution >= 0.6 is 34.8 Å². The number of halogens is 3. The number of nitrogens with zero attached hydrogens (tertiary/aromatic N) is 2. The molecule has 40 heavy (non-hydrogen) atoms. The topological polar surface area (TPSA) is 86.8 Å². The van der Waals surface area contributed by atoms with E-state index in [0.29, 0.717) is 26.3 Å². The summed E-state index contributed by atoms with van der Waals surface area (Å²) < 4.78 is 28.8. The first-order chi connectivity index (χ1) is 18.7. The molecule has 0 saturated heterocycles. The van der Waals surface area contributed by atoms with Crippen LogP contribution in [0.15, 0.2) is 65.6 Å². The Morgan fingerprint density at radius 3 is 2.08 bits per heavy atom. The maximum Gasteiger partial charge on any atom is 0.264 e. The Labute approximate surface area is 251 Å². The van der Waals surface area contributed by atoms with E-state index < -0.39 is 28.5 Å². The van der Waals surface area contributed by atoms with Gasteiger partial charge in [-0.1, -0.05) is 46.9 Å². The fraction of sp³-hybridized carbons (Fsp3) is 0.310. The van der Waals surface area contributed by atoms with Crippen LogP contribution in [0, 0.1) is 13.8 Å². The number of benzene rings is 3. The van der Waals surface area contributed by atoms with Crippen LogP contribution in [-0.2, 0) is 26.2 Å². The standard InChI is InChI=1S/C29H32Cl3N3O4S/c1-18(2)33-29(37)21(5)34(16-22-7-13-26(31)27(32)15-22)28(36)17-35(24-10-6-19(3)20(4)14-24)40(38,39)25-11-8-23(30)9-12-25/h6-15,18,21H,16-17H2,1-5H3,(H,33,37). The highest BCUT2D eigenvalue weighted by Crippen LogP contribution is 2.28. The summed E-state index contributed by atoms with van der Waals surface area (Å²) in [5.41, 5.74) is 2.78. The molecule has 0 bridgehead atoms. The second-order valence-corrected chi connectivity index (χ2v) is 13.0. The molecule has 7 nitrogen and oxygen atoms in total. The molecule has 0 aliphatic carbocycles. The zero-order chi connectivity index (χ0) is 29.8. The smallest absolute Gasteiger partial charge is 0.264 e. The monoisotopic (exact) mass is 623 g/mol. The minimum atomic E-state index is -4.19. The molecule has 0 fully saturated rings. The van der Waals surface area contributed by atoms with Crippen molar-refractivity contribution in [2.75, 3.05) is 10.8 Å². The number of hydrogen-bond acceptors (Lipinski definition) is 4. The predicted molar refractivity (Wildman–Crippen MR) is 162 cm³/mol. The average Bonchev–Trinajstić information content (AvgIpc) is 2.88. The van der Waals surface area contributed by atoms with Gasteiger partial charge < -0.3 is 10.2 Å². The average molecular weight is 625 g/mol. The summed E-state index contributed by atoms with van der Waals surface area (Å²) in [5, 5.41) is 3.85. The van der Waals surface area contributed by atoms with Gasteiger partial charge in [-0.15, -0.1) is 0 Å². The molecule has 3 rings (SSSR count). The van der Waals surface area contributed by atoms with Crippen LogP contribution in [0.25, 0.3) is 0 Å². The molecule has 0 spiro atoms. The Kier molecular flexibility index (Phi) is 10.5. The van der Waals surface area contributed by atoms with Crippen molar-refractivity contribution in [3.8, 4) is 0 Å². The van der Waals surface area contributed by atoms with Gasteiger partial charge in [-0.25, -0.2) is 8.42 Å². The highest BCUT2D eigenvalue weighted by molar-refractivity contribution is 7.92. The molecule has 1 N–H and O–H groups in total. The van der Waals surface area contributed by atoms with Crippen molar-refractivity contribution in [2.24, 2.45) is 0 Å². The van der Waals surface area contributed by atoms with Crippen LogP contribution in [0.3, 0.4) is 0 Å². The molecule has 214 valence electrons. The lowest BCUT2D eigenvalue weighted by atomic mass is 10.1. The van der Waals surface area contributed by atoms with Gasteiger partial charge in [0.15, 0.2) is 0 Å². The van der Waals surface area contributed by atoms with Crippen LogP contribution in [0.4, 0.5) is 5.69 Å². The van der Waals surface area contributed by atoms with Gasteiger partial charge >= 0.3 is 0 Å². The molecule has 11 heteroatoms.